The van der Waals surface area contributed by atoms with E-state index in [1.54, 1.807) is 0 Å². The standard InChI is InChI=1S/C7H14N2/c1-9-4-6(8)7(5-9)2-3-7/h6H,2-5,8H2,1H3/p+1. The molecule has 52 valence electrons. The van der Waals surface area contributed by atoms with Gasteiger partial charge in [-0.15, -0.1) is 0 Å². The van der Waals surface area contributed by atoms with Crippen molar-refractivity contribution in [3.63, 3.8) is 0 Å². The monoisotopic (exact) mass is 127 g/mol. The van der Waals surface area contributed by atoms with Crippen molar-refractivity contribution in [2.75, 3.05) is 20.1 Å². The molecule has 1 aliphatic carbocycles. The van der Waals surface area contributed by atoms with Gasteiger partial charge in [0.1, 0.15) is 6.04 Å². The van der Waals surface area contributed by atoms with Crippen LogP contribution in [-0.2, 0) is 0 Å². The summed E-state index contributed by atoms with van der Waals surface area (Å²) in [6, 6.07) is 0.725. The van der Waals surface area contributed by atoms with Crippen LogP contribution in [0.1, 0.15) is 12.8 Å². The minimum Gasteiger partial charge on any atom is -0.354 e. The van der Waals surface area contributed by atoms with Crippen LogP contribution in [0.5, 0.6) is 0 Å². The van der Waals surface area contributed by atoms with Gasteiger partial charge in [-0.2, -0.15) is 0 Å². The average molecular weight is 127 g/mol. The van der Waals surface area contributed by atoms with Crippen LogP contribution in [0.15, 0.2) is 0 Å². The van der Waals surface area contributed by atoms with E-state index in [1.807, 2.05) is 0 Å². The lowest BCUT2D eigenvalue weighted by molar-refractivity contribution is -0.428. The van der Waals surface area contributed by atoms with E-state index in [0.717, 1.165) is 6.04 Å². The summed E-state index contributed by atoms with van der Waals surface area (Å²) >= 11 is 0. The van der Waals surface area contributed by atoms with Crippen LogP contribution < -0.4 is 5.73 Å². The Labute approximate surface area is 56.0 Å². The van der Waals surface area contributed by atoms with Crippen molar-refractivity contribution in [1.82, 2.24) is 4.90 Å². The first kappa shape index (κ1) is 5.69. The molecule has 2 heteroatoms. The van der Waals surface area contributed by atoms with Gasteiger partial charge in [0.15, 0.2) is 0 Å². The lowest BCUT2D eigenvalue weighted by Crippen LogP contribution is -2.65. The fourth-order valence-corrected chi connectivity index (χ4v) is 2.03. The topological polar surface area (TPSA) is 30.9 Å². The SMILES string of the molecule is CN1CC([NH3+])C2(CC2)C1. The van der Waals surface area contributed by atoms with E-state index < -0.39 is 0 Å². The normalized spacial score (nSPS) is 40.0. The van der Waals surface area contributed by atoms with Crippen molar-refractivity contribution >= 4 is 0 Å². The Kier molecular flexibility index (Phi) is 0.945. The molecule has 9 heavy (non-hydrogen) atoms. The van der Waals surface area contributed by atoms with E-state index in [2.05, 4.69) is 17.7 Å². The van der Waals surface area contributed by atoms with Crippen LogP contribution in [0.3, 0.4) is 0 Å². The van der Waals surface area contributed by atoms with Gasteiger partial charge in [0.05, 0.1) is 6.54 Å². The summed E-state index contributed by atoms with van der Waals surface area (Å²) in [5.41, 5.74) is 4.85. The number of likely N-dealkylation sites (N-methyl/N-ethyl adjacent to an activating group) is 1. The molecular weight excluding hydrogens is 112 g/mol. The van der Waals surface area contributed by atoms with E-state index in [4.69, 9.17) is 0 Å². The highest BCUT2D eigenvalue weighted by Gasteiger charge is 2.55. The van der Waals surface area contributed by atoms with E-state index in [-0.39, 0.29) is 0 Å². The summed E-state index contributed by atoms with van der Waals surface area (Å²) in [7, 11) is 2.20. The molecule has 0 radical (unpaired) electrons. The molecule has 3 N–H and O–H groups in total. The van der Waals surface area contributed by atoms with Crippen LogP contribution in [0.2, 0.25) is 0 Å². The molecule has 2 rings (SSSR count). The third kappa shape index (κ3) is 0.700. The van der Waals surface area contributed by atoms with Gasteiger partial charge in [-0.05, 0) is 19.9 Å². The zero-order valence-corrected chi connectivity index (χ0v) is 6.06. The fourth-order valence-electron chi connectivity index (χ4n) is 2.03. The molecule has 0 aromatic rings. The summed E-state index contributed by atoms with van der Waals surface area (Å²) in [6.45, 7) is 2.53. The number of hydrogen-bond acceptors (Lipinski definition) is 1. The minimum atomic E-state index is 0.689. The predicted molar refractivity (Wildman–Crippen MR) is 35.8 cm³/mol. The average Bonchev–Trinajstić information content (AvgIpc) is 2.42. The third-order valence-electron chi connectivity index (χ3n) is 2.88. The molecule has 2 aliphatic rings. The summed E-state index contributed by atoms with van der Waals surface area (Å²) in [5.74, 6) is 0. The lowest BCUT2D eigenvalue weighted by Gasteiger charge is -2.05. The Morgan fingerprint density at radius 1 is 1.56 bits per heavy atom. The first-order valence-corrected chi connectivity index (χ1v) is 3.75. The van der Waals surface area contributed by atoms with Crippen LogP contribution in [0.25, 0.3) is 0 Å². The molecule has 1 unspecified atom stereocenters. The summed E-state index contributed by atoms with van der Waals surface area (Å²) in [4.78, 5) is 2.41. The maximum absolute atomic E-state index is 4.16. The Balaban J connectivity index is 2.10. The van der Waals surface area contributed by atoms with Gasteiger partial charge in [0, 0.05) is 12.0 Å². The van der Waals surface area contributed by atoms with Gasteiger partial charge >= 0.3 is 0 Å². The van der Waals surface area contributed by atoms with E-state index in [1.165, 1.54) is 25.9 Å². The van der Waals surface area contributed by atoms with Crippen LogP contribution in [0, 0.1) is 5.41 Å². The lowest BCUT2D eigenvalue weighted by atomic mass is 10.0. The minimum absolute atomic E-state index is 0.689. The van der Waals surface area contributed by atoms with E-state index in [9.17, 15) is 0 Å². The molecule has 1 saturated heterocycles. The van der Waals surface area contributed by atoms with Crippen molar-refractivity contribution in [2.24, 2.45) is 5.41 Å². The van der Waals surface area contributed by atoms with Crippen molar-refractivity contribution in [3.8, 4) is 0 Å². The predicted octanol–water partition coefficient (Wildman–Crippen LogP) is -0.677. The highest BCUT2D eigenvalue weighted by Crippen LogP contribution is 2.50. The number of rotatable bonds is 0. The summed E-state index contributed by atoms with van der Waals surface area (Å²) in [5, 5.41) is 0. The number of quaternary nitrogens is 1. The fraction of sp³-hybridized carbons (Fsp3) is 1.00. The first-order valence-electron chi connectivity index (χ1n) is 3.75. The highest BCUT2D eigenvalue weighted by atomic mass is 15.2. The van der Waals surface area contributed by atoms with Gasteiger partial charge in [0.25, 0.3) is 0 Å². The molecule has 1 aliphatic heterocycles. The Morgan fingerprint density at radius 2 is 2.22 bits per heavy atom. The van der Waals surface area contributed by atoms with Crippen LogP contribution in [-0.4, -0.2) is 31.1 Å². The zero-order valence-electron chi connectivity index (χ0n) is 6.06. The third-order valence-corrected chi connectivity index (χ3v) is 2.88. The number of likely N-dealkylation sites (tertiary alicyclic amines) is 1. The quantitative estimate of drug-likeness (QED) is 0.459. The molecule has 1 saturated carbocycles. The van der Waals surface area contributed by atoms with Crippen molar-refractivity contribution in [1.29, 1.82) is 0 Å². The highest BCUT2D eigenvalue weighted by molar-refractivity contribution is 5.05. The van der Waals surface area contributed by atoms with Gasteiger partial charge in [0.2, 0.25) is 0 Å². The molecule has 0 bridgehead atoms. The van der Waals surface area contributed by atoms with Crippen LogP contribution >= 0.6 is 0 Å². The molecule has 0 aromatic heterocycles. The van der Waals surface area contributed by atoms with E-state index in [0.29, 0.717) is 5.41 Å². The first-order chi connectivity index (χ1) is 4.23. The number of hydrogen-bond donors (Lipinski definition) is 1. The van der Waals surface area contributed by atoms with E-state index >= 15 is 0 Å². The largest absolute Gasteiger partial charge is 0.354 e. The Hall–Kier alpha value is -0.0800. The number of nitrogens with zero attached hydrogens (tertiary/aromatic N) is 1. The van der Waals surface area contributed by atoms with Crippen molar-refractivity contribution in [2.45, 2.75) is 18.9 Å². The van der Waals surface area contributed by atoms with Crippen molar-refractivity contribution in [3.05, 3.63) is 0 Å². The second kappa shape index (κ2) is 1.50. The second-order valence-corrected chi connectivity index (χ2v) is 3.76. The van der Waals surface area contributed by atoms with Crippen molar-refractivity contribution < 1.29 is 5.73 Å². The molecule has 1 atom stereocenters. The maximum atomic E-state index is 4.16. The molecule has 0 aromatic carbocycles. The van der Waals surface area contributed by atoms with Gasteiger partial charge in [-0.3, -0.25) is 4.90 Å². The Morgan fingerprint density at radius 3 is 2.44 bits per heavy atom. The smallest absolute Gasteiger partial charge is 0.104 e. The summed E-state index contributed by atoms with van der Waals surface area (Å²) < 4.78 is 0. The summed E-state index contributed by atoms with van der Waals surface area (Å²) in [6.07, 6.45) is 2.87. The molecule has 2 nitrogen and oxygen atoms in total. The van der Waals surface area contributed by atoms with Gasteiger partial charge in [-0.1, -0.05) is 0 Å². The molecule has 0 amide bonds. The van der Waals surface area contributed by atoms with Gasteiger partial charge in [-0.25, -0.2) is 0 Å². The molecule has 1 spiro atoms. The maximum Gasteiger partial charge on any atom is 0.104 e. The molecule has 2 fully saturated rings. The molecule has 1 heterocycles. The van der Waals surface area contributed by atoms with Crippen LogP contribution in [0.4, 0.5) is 0 Å². The second-order valence-electron chi connectivity index (χ2n) is 3.76. The molecular formula is C7H15N2+. The van der Waals surface area contributed by atoms with Gasteiger partial charge < -0.3 is 5.73 Å². The zero-order chi connectivity index (χ0) is 6.48. The Bertz CT molecular complexity index is 129.